The van der Waals surface area contributed by atoms with Gasteiger partial charge in [-0.05, 0) is 37.2 Å². The fourth-order valence-electron chi connectivity index (χ4n) is 4.70. The van der Waals surface area contributed by atoms with Crippen molar-refractivity contribution in [3.63, 3.8) is 0 Å². The molecule has 0 bridgehead atoms. The largest absolute Gasteiger partial charge is 0.480 e. The highest BCUT2D eigenvalue weighted by molar-refractivity contribution is 7.87. The molecule has 40 heavy (non-hydrogen) atoms. The van der Waals surface area contributed by atoms with Gasteiger partial charge in [0.25, 0.3) is 10.2 Å². The molecule has 11 nitrogen and oxygen atoms in total. The summed E-state index contributed by atoms with van der Waals surface area (Å²) in [6, 6.07) is 8.21. The lowest BCUT2D eigenvalue weighted by Gasteiger charge is -2.34. The zero-order valence-corrected chi connectivity index (χ0v) is 25.0. The van der Waals surface area contributed by atoms with Crippen LogP contribution >= 0.6 is 0 Å². The molecule has 12 heteroatoms. The lowest BCUT2D eigenvalue weighted by atomic mass is 9.78. The summed E-state index contributed by atoms with van der Waals surface area (Å²) in [5.41, 5.74) is 3.56. The van der Waals surface area contributed by atoms with Gasteiger partial charge in [0, 0.05) is 19.0 Å². The molecule has 0 radical (unpaired) electrons. The average molecular weight is 583 g/mol. The van der Waals surface area contributed by atoms with Crippen LogP contribution in [0.15, 0.2) is 30.3 Å². The molecule has 1 aromatic carbocycles. The van der Waals surface area contributed by atoms with Gasteiger partial charge in [0.15, 0.2) is 0 Å². The van der Waals surface area contributed by atoms with Crippen LogP contribution in [-0.2, 0) is 31.0 Å². The minimum Gasteiger partial charge on any atom is -0.480 e. The van der Waals surface area contributed by atoms with Crippen LogP contribution in [0.4, 0.5) is 0 Å². The van der Waals surface area contributed by atoms with Crippen molar-refractivity contribution in [3.8, 4) is 0 Å². The maximum absolute atomic E-state index is 13.6. The zero-order valence-electron chi connectivity index (χ0n) is 24.2. The van der Waals surface area contributed by atoms with Crippen LogP contribution in [0, 0.1) is 17.3 Å². The molecular formula is C28H46N4O7S. The fraction of sp³-hybridized carbons (Fsp3) is 0.679. The lowest BCUT2D eigenvalue weighted by Crippen LogP contribution is -2.59. The van der Waals surface area contributed by atoms with Gasteiger partial charge in [0.05, 0.1) is 17.6 Å². The minimum atomic E-state index is -4.32. The fourth-order valence-corrected chi connectivity index (χ4v) is 6.31. The number of rotatable bonds is 16. The molecule has 6 N–H and O–H groups in total. The molecule has 1 aliphatic rings. The van der Waals surface area contributed by atoms with E-state index in [1.807, 2.05) is 44.2 Å². The Kier molecular flexibility index (Phi) is 11.7. The zero-order chi connectivity index (χ0) is 30.3. The summed E-state index contributed by atoms with van der Waals surface area (Å²) in [4.78, 5) is 37.2. The Morgan fingerprint density at radius 2 is 1.68 bits per heavy atom. The van der Waals surface area contributed by atoms with E-state index in [4.69, 9.17) is 5.73 Å². The molecule has 0 spiro atoms. The summed E-state index contributed by atoms with van der Waals surface area (Å²) < 4.78 is 30.6. The van der Waals surface area contributed by atoms with E-state index in [1.165, 1.54) is 0 Å². The number of primary amides is 1. The van der Waals surface area contributed by atoms with Gasteiger partial charge in [0.1, 0.15) is 5.54 Å². The molecule has 0 heterocycles. The summed E-state index contributed by atoms with van der Waals surface area (Å²) in [7, 11) is -4.32. The Hall–Kier alpha value is -2.54. The van der Waals surface area contributed by atoms with Crippen LogP contribution in [0.25, 0.3) is 0 Å². The second-order valence-electron chi connectivity index (χ2n) is 11.9. The van der Waals surface area contributed by atoms with Crippen molar-refractivity contribution in [3.05, 3.63) is 35.9 Å². The lowest BCUT2D eigenvalue weighted by molar-refractivity contribution is -0.143. The number of hydrogen-bond acceptors (Lipinski definition) is 6. The molecule has 226 valence electrons. The summed E-state index contributed by atoms with van der Waals surface area (Å²) in [6.07, 6.45) is 0.879. The first-order valence-electron chi connectivity index (χ1n) is 13.9. The van der Waals surface area contributed by atoms with Crippen LogP contribution in [-0.4, -0.2) is 71.5 Å². The summed E-state index contributed by atoms with van der Waals surface area (Å²) in [5.74, 6) is -3.05. The molecule has 0 aliphatic heterocycles. The Balaban J connectivity index is 2.36. The monoisotopic (exact) mass is 582 g/mol. The number of aliphatic carboxylic acids is 1. The molecule has 1 saturated carbocycles. The van der Waals surface area contributed by atoms with Crippen molar-refractivity contribution in [2.75, 3.05) is 13.1 Å². The topological polar surface area (TPSA) is 179 Å². The molecule has 1 aromatic rings. The first-order valence-corrected chi connectivity index (χ1v) is 15.3. The van der Waals surface area contributed by atoms with Gasteiger partial charge >= 0.3 is 5.97 Å². The molecular weight excluding hydrogens is 536 g/mol. The Bertz CT molecular complexity index is 1120. The second kappa shape index (κ2) is 13.9. The van der Waals surface area contributed by atoms with E-state index in [2.05, 4.69) is 10.0 Å². The minimum absolute atomic E-state index is 0.0525. The molecule has 2 rings (SSSR count). The molecule has 0 aromatic heterocycles. The summed E-state index contributed by atoms with van der Waals surface area (Å²) in [6.45, 7) is 8.25. The van der Waals surface area contributed by atoms with Crippen molar-refractivity contribution in [2.45, 2.75) is 90.8 Å². The number of nitrogens with one attached hydrogen (secondary N) is 2. The van der Waals surface area contributed by atoms with E-state index in [1.54, 1.807) is 20.8 Å². The van der Waals surface area contributed by atoms with Gasteiger partial charge in [-0.3, -0.25) is 14.4 Å². The third kappa shape index (κ3) is 8.73. The van der Waals surface area contributed by atoms with Crippen LogP contribution in [0.5, 0.6) is 0 Å². The van der Waals surface area contributed by atoms with Gasteiger partial charge in [-0.25, -0.2) is 0 Å². The number of aliphatic hydroxyl groups is 1. The van der Waals surface area contributed by atoms with E-state index in [0.29, 0.717) is 19.3 Å². The number of benzene rings is 1. The van der Waals surface area contributed by atoms with E-state index in [0.717, 1.165) is 9.87 Å². The Morgan fingerprint density at radius 3 is 2.17 bits per heavy atom. The third-order valence-electron chi connectivity index (χ3n) is 8.08. The smallest absolute Gasteiger partial charge is 0.324 e. The highest BCUT2D eigenvalue weighted by Crippen LogP contribution is 2.31. The molecule has 0 saturated heterocycles. The highest BCUT2D eigenvalue weighted by atomic mass is 32.2. The van der Waals surface area contributed by atoms with Crippen LogP contribution < -0.4 is 15.8 Å². The summed E-state index contributed by atoms with van der Waals surface area (Å²) in [5, 5.41) is 24.0. The standard InChI is InChI=1S/C28H46N4O7S/c1-19(2)13-16-32(40(38,39)31-28(26(36)37)14-9-10-15-28)18-23(33)22(17-21-11-7-6-8-12-21)30-24(34)20(3)27(4,5)25(29)35/h6-8,11-12,19-20,22-23,31,33H,9-10,13-18H2,1-5H3,(H2,29,35)(H,30,34)(H,36,37)/t20-,22-,23+/m0/s1. The Labute approximate surface area is 238 Å². The number of nitrogens with zero attached hydrogens (tertiary/aromatic N) is 1. The molecule has 0 unspecified atom stereocenters. The number of carbonyl (C=O) groups is 3. The van der Waals surface area contributed by atoms with Gasteiger partial charge < -0.3 is 21.3 Å². The van der Waals surface area contributed by atoms with E-state index in [9.17, 15) is 33.0 Å². The van der Waals surface area contributed by atoms with Gasteiger partial charge in [0.2, 0.25) is 11.8 Å². The number of amides is 2. The third-order valence-corrected chi connectivity index (χ3v) is 9.74. The van der Waals surface area contributed by atoms with Crippen molar-refractivity contribution in [1.29, 1.82) is 0 Å². The summed E-state index contributed by atoms with van der Waals surface area (Å²) >= 11 is 0. The number of carboxylic acids is 1. The molecule has 3 atom stereocenters. The van der Waals surface area contributed by atoms with Crippen LogP contribution in [0.3, 0.4) is 0 Å². The molecule has 2 amide bonds. The maximum Gasteiger partial charge on any atom is 0.324 e. The van der Waals surface area contributed by atoms with Crippen molar-refractivity contribution in [2.24, 2.45) is 23.0 Å². The van der Waals surface area contributed by atoms with Crippen molar-refractivity contribution in [1.82, 2.24) is 14.3 Å². The van der Waals surface area contributed by atoms with Crippen LogP contribution in [0.2, 0.25) is 0 Å². The maximum atomic E-state index is 13.6. The second-order valence-corrected chi connectivity index (χ2v) is 13.6. The first kappa shape index (κ1) is 33.7. The predicted octanol–water partition coefficient (Wildman–Crippen LogP) is 1.80. The number of aliphatic hydroxyl groups excluding tert-OH is 1. The molecule has 1 fully saturated rings. The van der Waals surface area contributed by atoms with Gasteiger partial charge in [-0.1, -0.05) is 77.8 Å². The van der Waals surface area contributed by atoms with Crippen molar-refractivity contribution < 1.29 is 33.0 Å². The number of hydrogen-bond donors (Lipinski definition) is 5. The first-order chi connectivity index (χ1) is 18.5. The number of carbonyl (C=O) groups excluding carboxylic acids is 2. The van der Waals surface area contributed by atoms with E-state index >= 15 is 0 Å². The average Bonchev–Trinajstić information content (AvgIpc) is 3.34. The quantitative estimate of drug-likeness (QED) is 0.197. The number of carboxylic acid groups (broad SMARTS) is 1. The van der Waals surface area contributed by atoms with Gasteiger partial charge in [-0.15, -0.1) is 0 Å². The van der Waals surface area contributed by atoms with E-state index < -0.39 is 57.0 Å². The van der Waals surface area contributed by atoms with E-state index in [-0.39, 0.29) is 38.3 Å². The van der Waals surface area contributed by atoms with Gasteiger partial charge in [-0.2, -0.15) is 17.4 Å². The highest BCUT2D eigenvalue weighted by Gasteiger charge is 2.46. The SMILES string of the molecule is CC(C)CCN(C[C@@H](O)[C@H](Cc1ccccc1)NC(=O)[C@H](C)C(C)(C)C(N)=O)S(=O)(=O)NC1(C(=O)O)CCCC1. The normalized spacial score (nSPS) is 17.9. The number of nitrogens with two attached hydrogens (primary N) is 1. The Morgan fingerprint density at radius 1 is 1.10 bits per heavy atom. The van der Waals surface area contributed by atoms with Crippen LogP contribution in [0.1, 0.15) is 72.3 Å². The molecule has 1 aliphatic carbocycles. The predicted molar refractivity (Wildman–Crippen MR) is 152 cm³/mol. The van der Waals surface area contributed by atoms with Crippen molar-refractivity contribution >= 4 is 28.0 Å².